The van der Waals surface area contributed by atoms with Crippen LogP contribution in [0.25, 0.3) is 9.66 Å². The van der Waals surface area contributed by atoms with Gasteiger partial charge in [-0.05, 0) is 41.5 Å². The van der Waals surface area contributed by atoms with Crippen molar-refractivity contribution in [2.45, 2.75) is 12.8 Å². The second-order valence-corrected chi connectivity index (χ2v) is 10.6. The zero-order chi connectivity index (χ0) is 28.8. The molecule has 1 N–H and O–H groups in total. The second kappa shape index (κ2) is 12.5. The van der Waals surface area contributed by atoms with Gasteiger partial charge in [-0.2, -0.15) is 0 Å². The number of ether oxygens (including phenoxy) is 1. The van der Waals surface area contributed by atoms with E-state index in [1.165, 1.54) is 11.3 Å². The highest BCUT2D eigenvalue weighted by atomic mass is 32.1. The Balaban J connectivity index is 0.000000282. The number of pyridine rings is 3. The first-order valence-corrected chi connectivity index (χ1v) is 14.2. The second-order valence-electron chi connectivity index (χ2n) is 8.81. The molecule has 5 aromatic heterocycles. The maximum Gasteiger partial charge on any atom is 0.335 e. The topological polar surface area (TPSA) is 102 Å². The number of methoxy groups -OCH3 is 1. The van der Waals surface area contributed by atoms with E-state index in [0.29, 0.717) is 24.3 Å². The van der Waals surface area contributed by atoms with E-state index >= 15 is 0 Å². The zero-order valence-electron chi connectivity index (χ0n) is 21.8. The van der Waals surface area contributed by atoms with E-state index in [1.54, 1.807) is 82.2 Å². The van der Waals surface area contributed by atoms with Crippen molar-refractivity contribution in [1.29, 1.82) is 0 Å². The molecule has 0 fully saturated rings. The molecule has 0 radical (unpaired) electrons. The monoisotopic (exact) mass is 581 g/mol. The van der Waals surface area contributed by atoms with Gasteiger partial charge in [0.05, 0.1) is 18.2 Å². The van der Waals surface area contributed by atoms with Gasteiger partial charge < -0.3 is 9.84 Å². The molecule has 8 nitrogen and oxygen atoms in total. The smallest absolute Gasteiger partial charge is 0.335 e. The molecular weight excluding hydrogens is 558 g/mol. The lowest BCUT2D eigenvalue weighted by Crippen LogP contribution is -2.17. The highest BCUT2D eigenvalue weighted by molar-refractivity contribution is 7.15. The van der Waals surface area contributed by atoms with Gasteiger partial charge in [-0.3, -0.25) is 18.4 Å². The molecule has 204 valence electrons. The Morgan fingerprint density at radius 1 is 0.976 bits per heavy atom. The van der Waals surface area contributed by atoms with Crippen molar-refractivity contribution in [3.05, 3.63) is 139 Å². The van der Waals surface area contributed by atoms with Crippen LogP contribution in [0.3, 0.4) is 0 Å². The van der Waals surface area contributed by atoms with Crippen LogP contribution in [-0.2, 0) is 12.8 Å². The summed E-state index contributed by atoms with van der Waals surface area (Å²) >= 11 is 3.03. The third-order valence-electron chi connectivity index (χ3n) is 6.12. The van der Waals surface area contributed by atoms with Crippen molar-refractivity contribution in [1.82, 2.24) is 13.8 Å². The molecule has 0 saturated heterocycles. The van der Waals surface area contributed by atoms with Crippen molar-refractivity contribution in [2.75, 3.05) is 7.11 Å². The predicted molar refractivity (Wildman–Crippen MR) is 161 cm³/mol. The summed E-state index contributed by atoms with van der Waals surface area (Å²) < 4.78 is 8.39. The van der Waals surface area contributed by atoms with Gasteiger partial charge >= 0.3 is 5.97 Å². The van der Waals surface area contributed by atoms with E-state index in [9.17, 15) is 14.4 Å². The number of fused-ring (bicyclic) bond motifs is 2. The minimum absolute atomic E-state index is 0.0405. The molecule has 6 rings (SSSR count). The van der Waals surface area contributed by atoms with Gasteiger partial charge in [0.15, 0.2) is 0 Å². The van der Waals surface area contributed by atoms with E-state index in [2.05, 4.69) is 16.8 Å². The van der Waals surface area contributed by atoms with Crippen molar-refractivity contribution < 1.29 is 14.6 Å². The van der Waals surface area contributed by atoms with Gasteiger partial charge in [-0.15, -0.1) is 22.7 Å². The summed E-state index contributed by atoms with van der Waals surface area (Å²) in [6.45, 7) is 0. The Morgan fingerprint density at radius 3 is 2.51 bits per heavy atom. The summed E-state index contributed by atoms with van der Waals surface area (Å²) in [6, 6.07) is 17.4. The molecule has 0 atom stereocenters. The Morgan fingerprint density at radius 2 is 1.76 bits per heavy atom. The molecule has 5 heterocycles. The van der Waals surface area contributed by atoms with Crippen LogP contribution in [0.5, 0.6) is 5.88 Å². The first-order chi connectivity index (χ1) is 19.9. The third kappa shape index (κ3) is 6.44. The highest BCUT2D eigenvalue weighted by Gasteiger charge is 2.11. The summed E-state index contributed by atoms with van der Waals surface area (Å²) in [6.07, 6.45) is 6.14. The Labute approximate surface area is 242 Å². The number of benzene rings is 1. The molecule has 0 aliphatic rings. The Bertz CT molecular complexity index is 2020. The number of carboxylic acid groups (broad SMARTS) is 1. The lowest BCUT2D eigenvalue weighted by molar-refractivity contribution is 0.0697. The molecular formula is C31H23N3O5S2. The van der Waals surface area contributed by atoms with Gasteiger partial charge in [0.25, 0.3) is 11.1 Å². The summed E-state index contributed by atoms with van der Waals surface area (Å²) in [7, 11) is 1.57. The molecule has 6 aromatic rings. The number of carbonyl (C=O) groups is 1. The standard InChI is InChI=1S/C24H18N2O4S.C7H5NOS/c1-30-21-14-16(9-10-25-21)3-2-4-19-15-20(22(27)26-11-12-31-23(19)26)13-17-5-7-18(8-6-17)24(28)29;9-6-2-1-3-7-8(6)4-5-10-7/h5-12,14-15H,3,13H2,1H3,(H,28,29);1-5H. The fourth-order valence-electron chi connectivity index (χ4n) is 4.09. The minimum atomic E-state index is -0.976. The van der Waals surface area contributed by atoms with E-state index in [1.807, 2.05) is 35.0 Å². The fourth-order valence-corrected chi connectivity index (χ4v) is 5.64. The predicted octanol–water partition coefficient (Wildman–Crippen LogP) is 5.01. The number of aromatic carboxylic acids is 1. The molecule has 0 aliphatic carbocycles. The Kier molecular flexibility index (Phi) is 8.39. The highest BCUT2D eigenvalue weighted by Crippen LogP contribution is 2.18. The number of hydrogen-bond acceptors (Lipinski definition) is 7. The number of thiazole rings is 2. The van der Waals surface area contributed by atoms with Crippen molar-refractivity contribution >= 4 is 38.3 Å². The average Bonchev–Trinajstić information content (AvgIpc) is 3.68. The quantitative estimate of drug-likeness (QED) is 0.287. The van der Waals surface area contributed by atoms with Crippen molar-refractivity contribution in [3.63, 3.8) is 0 Å². The number of nitrogens with zero attached hydrogens (tertiary/aromatic N) is 3. The minimum Gasteiger partial charge on any atom is -0.481 e. The molecule has 0 bridgehead atoms. The molecule has 0 saturated carbocycles. The van der Waals surface area contributed by atoms with Gasteiger partial charge in [0, 0.05) is 59.9 Å². The van der Waals surface area contributed by atoms with E-state index in [0.717, 1.165) is 26.4 Å². The summed E-state index contributed by atoms with van der Waals surface area (Å²) in [5.41, 5.74) is 3.41. The van der Waals surface area contributed by atoms with Crippen LogP contribution in [0, 0.1) is 11.8 Å². The molecule has 10 heteroatoms. The largest absolute Gasteiger partial charge is 0.481 e. The summed E-state index contributed by atoms with van der Waals surface area (Å²) in [5.74, 6) is 5.94. The van der Waals surface area contributed by atoms with Crippen LogP contribution < -0.4 is 15.9 Å². The lowest BCUT2D eigenvalue weighted by atomic mass is 10.0. The Hall–Kier alpha value is -4.98. The zero-order valence-corrected chi connectivity index (χ0v) is 23.4. The number of rotatable bonds is 5. The summed E-state index contributed by atoms with van der Waals surface area (Å²) in [5, 5.41) is 12.8. The molecule has 0 aliphatic heterocycles. The number of aromatic nitrogens is 3. The fraction of sp³-hybridized carbons (Fsp3) is 0.0968. The lowest BCUT2D eigenvalue weighted by Gasteiger charge is -2.05. The SMILES string of the molecule is COc1cc(CC#Cc2cc(Cc3ccc(C(=O)O)cc3)c(=O)n3ccsc23)ccn1.O=c1cccc2sccn12. The van der Waals surface area contributed by atoms with Crippen LogP contribution in [0.1, 0.15) is 32.6 Å². The third-order valence-corrected chi connectivity index (χ3v) is 7.85. The molecule has 0 amide bonds. The van der Waals surface area contributed by atoms with E-state index in [-0.39, 0.29) is 16.7 Å². The molecule has 1 aromatic carbocycles. The van der Waals surface area contributed by atoms with Gasteiger partial charge in [0.2, 0.25) is 5.88 Å². The van der Waals surface area contributed by atoms with Crippen LogP contribution in [0.4, 0.5) is 0 Å². The van der Waals surface area contributed by atoms with E-state index < -0.39 is 5.97 Å². The van der Waals surface area contributed by atoms with Crippen molar-refractivity contribution in [3.8, 4) is 17.7 Å². The van der Waals surface area contributed by atoms with Crippen LogP contribution in [-0.4, -0.2) is 32.0 Å². The maximum atomic E-state index is 12.9. The van der Waals surface area contributed by atoms with Crippen LogP contribution in [0.2, 0.25) is 0 Å². The first kappa shape index (κ1) is 27.6. The normalized spacial score (nSPS) is 10.5. The van der Waals surface area contributed by atoms with Gasteiger partial charge in [-0.1, -0.05) is 30.0 Å². The average molecular weight is 582 g/mol. The number of carboxylic acids is 1. The molecule has 41 heavy (non-hydrogen) atoms. The first-order valence-electron chi connectivity index (χ1n) is 12.4. The van der Waals surface area contributed by atoms with Gasteiger partial charge in [-0.25, -0.2) is 9.78 Å². The van der Waals surface area contributed by atoms with Crippen LogP contribution >= 0.6 is 22.7 Å². The van der Waals surface area contributed by atoms with Crippen LogP contribution in [0.15, 0.2) is 99.6 Å². The molecule has 0 spiro atoms. The van der Waals surface area contributed by atoms with Crippen molar-refractivity contribution in [2.24, 2.45) is 0 Å². The molecule has 0 unspecified atom stereocenters. The maximum absolute atomic E-state index is 12.9. The number of hydrogen-bond donors (Lipinski definition) is 1. The van der Waals surface area contributed by atoms with Gasteiger partial charge in [0.1, 0.15) is 9.66 Å². The summed E-state index contributed by atoms with van der Waals surface area (Å²) in [4.78, 5) is 40.8. The van der Waals surface area contributed by atoms with E-state index in [4.69, 9.17) is 9.84 Å².